The van der Waals surface area contributed by atoms with E-state index in [4.69, 9.17) is 10.5 Å². The van der Waals surface area contributed by atoms with Crippen molar-refractivity contribution < 1.29 is 10.2 Å². The Balaban J connectivity index is 1.74. The molecule has 0 amide bonds. The number of hydrazine groups is 1. The van der Waals surface area contributed by atoms with Crippen molar-refractivity contribution in [3.8, 4) is 0 Å². The first-order valence-corrected chi connectivity index (χ1v) is 8.76. The van der Waals surface area contributed by atoms with Gasteiger partial charge in [0.25, 0.3) is 0 Å². The number of allylic oxidation sites excluding steroid dienone is 1. The number of aliphatic hydroxyl groups is 2. The number of amidine groups is 1. The first-order chi connectivity index (χ1) is 12.1. The summed E-state index contributed by atoms with van der Waals surface area (Å²) in [6.07, 6.45) is 5.42. The van der Waals surface area contributed by atoms with Crippen LogP contribution in [0.5, 0.6) is 0 Å². The van der Waals surface area contributed by atoms with Gasteiger partial charge in [-0.2, -0.15) is 0 Å². The molecular weight excluding hydrogens is 336 g/mol. The summed E-state index contributed by atoms with van der Waals surface area (Å²) in [6, 6.07) is 7.78. The summed E-state index contributed by atoms with van der Waals surface area (Å²) in [7, 11) is 0. The molecule has 0 saturated carbocycles. The van der Waals surface area contributed by atoms with Crippen LogP contribution >= 0.6 is 11.3 Å². The summed E-state index contributed by atoms with van der Waals surface area (Å²) in [5, 5.41) is 29.8. The van der Waals surface area contributed by atoms with Gasteiger partial charge in [0.2, 0.25) is 0 Å². The van der Waals surface area contributed by atoms with Crippen LogP contribution in [0.3, 0.4) is 0 Å². The lowest BCUT2D eigenvalue weighted by atomic mass is 10.2. The van der Waals surface area contributed by atoms with Crippen LogP contribution in [-0.4, -0.2) is 45.7 Å². The molecule has 7 heteroatoms. The van der Waals surface area contributed by atoms with Gasteiger partial charge in [0.05, 0.1) is 28.9 Å². The van der Waals surface area contributed by atoms with E-state index in [0.29, 0.717) is 17.1 Å². The molecule has 130 valence electrons. The summed E-state index contributed by atoms with van der Waals surface area (Å²) in [5.41, 5.74) is 5.46. The van der Waals surface area contributed by atoms with Crippen LogP contribution in [0.2, 0.25) is 0 Å². The molecule has 1 aliphatic rings. The first kappa shape index (κ1) is 17.3. The number of nitrogens with one attached hydrogen (secondary N) is 2. The number of rotatable bonds is 6. The molecule has 6 nitrogen and oxygen atoms in total. The molecule has 0 fully saturated rings. The van der Waals surface area contributed by atoms with Crippen molar-refractivity contribution in [2.24, 2.45) is 0 Å². The second-order valence-electron chi connectivity index (χ2n) is 5.53. The van der Waals surface area contributed by atoms with Gasteiger partial charge in [-0.1, -0.05) is 30.4 Å². The maximum atomic E-state index is 10.3. The maximum Gasteiger partial charge on any atom is 0.149 e. The Morgan fingerprint density at radius 2 is 2.24 bits per heavy atom. The molecule has 0 saturated heterocycles. The minimum absolute atomic E-state index is 0.0129. The van der Waals surface area contributed by atoms with E-state index in [0.717, 1.165) is 15.8 Å². The third kappa shape index (κ3) is 3.63. The van der Waals surface area contributed by atoms with Gasteiger partial charge in [0.15, 0.2) is 0 Å². The van der Waals surface area contributed by atoms with Gasteiger partial charge in [-0.25, -0.2) is 10.4 Å². The number of hydrogen-bond donors (Lipinski definition) is 4. The van der Waals surface area contributed by atoms with E-state index in [9.17, 15) is 5.11 Å². The van der Waals surface area contributed by atoms with E-state index in [1.54, 1.807) is 11.1 Å². The smallest absolute Gasteiger partial charge is 0.149 e. The highest BCUT2D eigenvalue weighted by atomic mass is 32.1. The summed E-state index contributed by atoms with van der Waals surface area (Å²) in [6.45, 7) is 2.62. The maximum absolute atomic E-state index is 10.3. The topological polar surface area (TPSA) is 92.5 Å². The number of benzene rings is 1. The van der Waals surface area contributed by atoms with Crippen molar-refractivity contribution in [3.05, 3.63) is 58.8 Å². The van der Waals surface area contributed by atoms with E-state index < -0.39 is 0 Å². The highest BCUT2D eigenvalue weighted by Crippen LogP contribution is 2.32. The summed E-state index contributed by atoms with van der Waals surface area (Å²) >= 11 is 1.47. The van der Waals surface area contributed by atoms with Crippen molar-refractivity contribution in [1.29, 1.82) is 5.41 Å². The number of nitrogens with zero attached hydrogens (tertiary/aromatic N) is 2. The van der Waals surface area contributed by atoms with Crippen LogP contribution in [-0.2, 0) is 0 Å². The predicted molar refractivity (Wildman–Crippen MR) is 102 cm³/mol. The van der Waals surface area contributed by atoms with Gasteiger partial charge in [-0.15, -0.1) is 11.3 Å². The molecule has 2 heterocycles. The van der Waals surface area contributed by atoms with Crippen molar-refractivity contribution in [2.45, 2.75) is 6.92 Å². The van der Waals surface area contributed by atoms with Gasteiger partial charge >= 0.3 is 0 Å². The highest BCUT2D eigenvalue weighted by Gasteiger charge is 2.30. The van der Waals surface area contributed by atoms with E-state index >= 15 is 0 Å². The molecule has 0 unspecified atom stereocenters. The standard InChI is InChI=1S/C18H20N4O2S/c1-2-12(6-5-9-23)10-20-22-11-14(24)16(17(22)19)18-21-13-7-3-4-8-15(13)25-18/h2-8,19-20,23-24H,9-11H2,1H3/b6-5-,12-2+,19-17?. The Labute approximate surface area is 149 Å². The summed E-state index contributed by atoms with van der Waals surface area (Å²) < 4.78 is 1.03. The third-order valence-electron chi connectivity index (χ3n) is 3.89. The Morgan fingerprint density at radius 1 is 1.44 bits per heavy atom. The monoisotopic (exact) mass is 356 g/mol. The van der Waals surface area contributed by atoms with Crippen LogP contribution in [0, 0.1) is 5.41 Å². The minimum Gasteiger partial charge on any atom is -0.509 e. The molecule has 3 rings (SSSR count). The largest absolute Gasteiger partial charge is 0.509 e. The molecule has 0 aliphatic carbocycles. The van der Waals surface area contributed by atoms with Crippen LogP contribution in [0.25, 0.3) is 15.8 Å². The number of aliphatic hydroxyl groups excluding tert-OH is 2. The molecule has 0 atom stereocenters. The molecular formula is C18H20N4O2S. The lowest BCUT2D eigenvalue weighted by Crippen LogP contribution is -2.40. The number of para-hydroxylation sites is 1. The Bertz CT molecular complexity index is 849. The predicted octanol–water partition coefficient (Wildman–Crippen LogP) is 2.86. The SMILES string of the molecule is C/C=C(\C=C/CO)CNN1CC(O)=C(c2nc3ccccc3s2)C1=N. The van der Waals surface area contributed by atoms with Gasteiger partial charge in [0.1, 0.15) is 16.6 Å². The van der Waals surface area contributed by atoms with Crippen molar-refractivity contribution in [1.82, 2.24) is 15.4 Å². The fourth-order valence-electron chi connectivity index (χ4n) is 2.57. The summed E-state index contributed by atoms with van der Waals surface area (Å²) in [5.74, 6) is 0.350. The Hall–Kier alpha value is -2.48. The van der Waals surface area contributed by atoms with Crippen LogP contribution < -0.4 is 5.43 Å². The molecule has 1 aromatic carbocycles. The van der Waals surface area contributed by atoms with Gasteiger partial charge in [0, 0.05) is 6.54 Å². The molecule has 0 bridgehead atoms. The van der Waals surface area contributed by atoms with Crippen LogP contribution in [0.15, 0.2) is 53.8 Å². The fourth-order valence-corrected chi connectivity index (χ4v) is 3.60. The molecule has 2 aromatic rings. The van der Waals surface area contributed by atoms with E-state index in [1.807, 2.05) is 43.3 Å². The normalized spacial score (nSPS) is 16.0. The minimum atomic E-state index is -0.0129. The summed E-state index contributed by atoms with van der Waals surface area (Å²) in [4.78, 5) is 4.54. The zero-order chi connectivity index (χ0) is 17.8. The Kier molecular flexibility index (Phi) is 5.28. The van der Waals surface area contributed by atoms with Gasteiger partial charge in [-0.3, -0.25) is 10.4 Å². The number of aromatic nitrogens is 1. The zero-order valence-electron chi connectivity index (χ0n) is 13.9. The second-order valence-corrected chi connectivity index (χ2v) is 6.56. The first-order valence-electron chi connectivity index (χ1n) is 7.94. The fraction of sp³-hybridized carbons (Fsp3) is 0.222. The molecule has 0 spiro atoms. The van der Waals surface area contributed by atoms with Crippen LogP contribution in [0.4, 0.5) is 0 Å². The number of hydrogen-bond acceptors (Lipinski definition) is 6. The number of fused-ring (bicyclic) bond motifs is 1. The van der Waals surface area contributed by atoms with Crippen molar-refractivity contribution in [2.75, 3.05) is 19.7 Å². The molecule has 1 aliphatic heterocycles. The molecule has 4 N–H and O–H groups in total. The van der Waals surface area contributed by atoms with Gasteiger partial charge in [-0.05, 0) is 24.6 Å². The molecule has 1 aromatic heterocycles. The second kappa shape index (κ2) is 7.60. The lowest BCUT2D eigenvalue weighted by molar-refractivity contribution is 0.299. The Morgan fingerprint density at radius 3 is 2.96 bits per heavy atom. The van der Waals surface area contributed by atoms with E-state index in [1.165, 1.54) is 11.3 Å². The lowest BCUT2D eigenvalue weighted by Gasteiger charge is -2.20. The average Bonchev–Trinajstić information content (AvgIpc) is 3.15. The van der Waals surface area contributed by atoms with Crippen molar-refractivity contribution >= 4 is 33.0 Å². The van der Waals surface area contributed by atoms with Crippen LogP contribution in [0.1, 0.15) is 11.9 Å². The average molecular weight is 356 g/mol. The van der Waals surface area contributed by atoms with Crippen molar-refractivity contribution in [3.63, 3.8) is 0 Å². The zero-order valence-corrected chi connectivity index (χ0v) is 14.7. The molecule has 0 radical (unpaired) electrons. The number of thiazole rings is 1. The quantitative estimate of drug-likeness (QED) is 0.597. The third-order valence-corrected chi connectivity index (χ3v) is 4.95. The van der Waals surface area contributed by atoms with E-state index in [-0.39, 0.29) is 24.7 Å². The molecule has 25 heavy (non-hydrogen) atoms. The highest BCUT2D eigenvalue weighted by molar-refractivity contribution is 7.19. The van der Waals surface area contributed by atoms with Gasteiger partial charge < -0.3 is 10.2 Å². The van der Waals surface area contributed by atoms with E-state index in [2.05, 4.69) is 10.4 Å².